The van der Waals surface area contributed by atoms with Crippen molar-refractivity contribution in [3.05, 3.63) is 115 Å². The summed E-state index contributed by atoms with van der Waals surface area (Å²) < 4.78 is 55.3. The molecule has 2 aliphatic rings. The van der Waals surface area contributed by atoms with Gasteiger partial charge in [-0.15, -0.1) is 23.8 Å². The molecule has 42 heavy (non-hydrogen) atoms. The summed E-state index contributed by atoms with van der Waals surface area (Å²) in [6, 6.07) is 34.8. The standard InChI is InChI=1S/C27H14NO2S.C5H5NO3S.Ir/c29-31(30)25-11-4-3-8-19(25)20-13-12-16(14-26(20)31)24-15-22-18-7-2-1-6-17(18)21-9-5-10-23(28-24)27(21)22;7-10(8,9)5-3-1-2-4-6-5;/h1-11,13-15H;1-4H,(H,7,8,9);/q-1;;. The Labute approximate surface area is 256 Å². The van der Waals surface area contributed by atoms with Gasteiger partial charge in [-0.05, 0) is 62.7 Å². The molecule has 0 bridgehead atoms. The van der Waals surface area contributed by atoms with E-state index in [2.05, 4.69) is 41.4 Å². The number of aromatic nitrogens is 2. The molecular weight excluding hydrogens is 749 g/mol. The third kappa shape index (κ3) is 4.48. The molecular formula is C32H19IrN2O5S2-. The van der Waals surface area contributed by atoms with Gasteiger partial charge in [0, 0.05) is 31.7 Å². The zero-order chi connectivity index (χ0) is 28.4. The second-order valence-electron chi connectivity index (χ2n) is 9.57. The molecule has 7 nitrogen and oxygen atoms in total. The van der Waals surface area contributed by atoms with Crippen LogP contribution in [0.4, 0.5) is 0 Å². The van der Waals surface area contributed by atoms with E-state index < -0.39 is 20.0 Å². The van der Waals surface area contributed by atoms with Crippen molar-refractivity contribution in [2.75, 3.05) is 0 Å². The summed E-state index contributed by atoms with van der Waals surface area (Å²) >= 11 is 0. The predicted octanol–water partition coefficient (Wildman–Crippen LogP) is 6.49. The molecule has 10 heteroatoms. The van der Waals surface area contributed by atoms with Crippen molar-refractivity contribution in [3.8, 4) is 44.6 Å². The fraction of sp³-hybridized carbons (Fsp3) is 0. The van der Waals surface area contributed by atoms with Crippen molar-refractivity contribution < 1.29 is 41.5 Å². The predicted molar refractivity (Wildman–Crippen MR) is 155 cm³/mol. The molecule has 8 rings (SSSR count). The molecule has 3 heterocycles. The summed E-state index contributed by atoms with van der Waals surface area (Å²) in [6.07, 6.45) is 1.29. The molecule has 0 saturated carbocycles. The van der Waals surface area contributed by atoms with Gasteiger partial charge in [0.2, 0.25) is 0 Å². The van der Waals surface area contributed by atoms with Crippen LogP contribution in [0.15, 0.2) is 124 Å². The Hall–Kier alpha value is -4.05. The summed E-state index contributed by atoms with van der Waals surface area (Å²) in [4.78, 5) is 8.99. The van der Waals surface area contributed by atoms with Crippen LogP contribution in [0.3, 0.4) is 0 Å². The normalized spacial score (nSPS) is 13.3. The Kier molecular flexibility index (Phi) is 6.92. The van der Waals surface area contributed by atoms with Crippen LogP contribution in [0, 0.1) is 6.07 Å². The average molecular weight is 768 g/mol. The molecule has 4 aromatic carbocycles. The largest absolute Gasteiger partial charge is 0.312 e. The number of benzene rings is 4. The Morgan fingerprint density at radius 2 is 1.36 bits per heavy atom. The van der Waals surface area contributed by atoms with Crippen LogP contribution >= 0.6 is 0 Å². The average Bonchev–Trinajstić information content (AvgIpc) is 3.43. The minimum Gasteiger partial charge on any atom is -0.296 e. The third-order valence-electron chi connectivity index (χ3n) is 7.19. The van der Waals surface area contributed by atoms with Crippen molar-refractivity contribution >= 4 is 30.9 Å². The molecule has 209 valence electrons. The van der Waals surface area contributed by atoms with Crippen molar-refractivity contribution in [1.29, 1.82) is 0 Å². The molecule has 0 saturated heterocycles. The van der Waals surface area contributed by atoms with E-state index in [0.29, 0.717) is 20.9 Å². The maximum absolute atomic E-state index is 13.1. The summed E-state index contributed by atoms with van der Waals surface area (Å²) in [6.45, 7) is 0. The first-order valence-electron chi connectivity index (χ1n) is 12.6. The van der Waals surface area contributed by atoms with Crippen molar-refractivity contribution in [2.45, 2.75) is 14.8 Å². The molecule has 0 atom stereocenters. The van der Waals surface area contributed by atoms with Gasteiger partial charge in [-0.1, -0.05) is 72.3 Å². The minimum absolute atomic E-state index is 0. The van der Waals surface area contributed by atoms with E-state index in [9.17, 15) is 16.8 Å². The van der Waals surface area contributed by atoms with E-state index in [1.54, 1.807) is 30.3 Å². The summed E-state index contributed by atoms with van der Waals surface area (Å²) in [5.74, 6) is 0. The number of pyridine rings is 2. The van der Waals surface area contributed by atoms with E-state index in [-0.39, 0.29) is 25.1 Å². The first-order chi connectivity index (χ1) is 19.7. The number of nitrogens with zero attached hydrogens (tertiary/aromatic N) is 2. The van der Waals surface area contributed by atoms with Gasteiger partial charge in [-0.25, -0.2) is 13.4 Å². The molecule has 0 amide bonds. The van der Waals surface area contributed by atoms with Crippen molar-refractivity contribution in [2.24, 2.45) is 0 Å². The van der Waals surface area contributed by atoms with E-state index in [4.69, 9.17) is 9.54 Å². The number of rotatable bonds is 2. The maximum atomic E-state index is 13.1. The van der Waals surface area contributed by atoms with E-state index in [1.165, 1.54) is 35.0 Å². The van der Waals surface area contributed by atoms with Crippen LogP contribution < -0.4 is 0 Å². The van der Waals surface area contributed by atoms with Crippen LogP contribution in [-0.2, 0) is 40.1 Å². The van der Waals surface area contributed by atoms with E-state index in [1.807, 2.05) is 30.3 Å². The maximum Gasteiger partial charge on any atom is 0.312 e. The number of fused-ring (bicyclic) bond motifs is 6. The van der Waals surface area contributed by atoms with Gasteiger partial charge in [0.25, 0.3) is 0 Å². The van der Waals surface area contributed by atoms with Gasteiger partial charge < -0.3 is 0 Å². The smallest absolute Gasteiger partial charge is 0.296 e. The van der Waals surface area contributed by atoms with Gasteiger partial charge in [-0.3, -0.25) is 9.54 Å². The Morgan fingerprint density at radius 1 is 0.690 bits per heavy atom. The zero-order valence-electron chi connectivity index (χ0n) is 21.5. The monoisotopic (exact) mass is 768 g/mol. The quantitative estimate of drug-likeness (QED) is 0.158. The first-order valence-corrected chi connectivity index (χ1v) is 15.5. The molecule has 1 radical (unpaired) electrons. The van der Waals surface area contributed by atoms with Crippen molar-refractivity contribution in [1.82, 2.24) is 9.97 Å². The second kappa shape index (κ2) is 10.3. The Balaban J connectivity index is 0.000000247. The molecule has 0 spiro atoms. The number of hydrogen-bond donors (Lipinski definition) is 1. The molecule has 6 aromatic rings. The van der Waals surface area contributed by atoms with E-state index >= 15 is 0 Å². The van der Waals surface area contributed by atoms with Gasteiger partial charge in [0.05, 0.1) is 10.4 Å². The van der Waals surface area contributed by atoms with Crippen LogP contribution in [0.5, 0.6) is 0 Å². The van der Waals surface area contributed by atoms with Crippen LogP contribution in [0.2, 0.25) is 0 Å². The summed E-state index contributed by atoms with van der Waals surface area (Å²) in [5, 5.41) is 0.823. The first kappa shape index (κ1) is 28.1. The van der Waals surface area contributed by atoms with Gasteiger partial charge in [-0.2, -0.15) is 8.42 Å². The van der Waals surface area contributed by atoms with Crippen LogP contribution in [0.25, 0.3) is 55.5 Å². The molecule has 1 aliphatic heterocycles. The van der Waals surface area contributed by atoms with Gasteiger partial charge in [0.15, 0.2) is 14.9 Å². The fourth-order valence-corrected chi connectivity index (χ4v) is 7.55. The summed E-state index contributed by atoms with van der Waals surface area (Å²) in [5.41, 5.74) is 8.47. The van der Waals surface area contributed by atoms with Crippen molar-refractivity contribution in [3.63, 3.8) is 0 Å². The van der Waals surface area contributed by atoms with E-state index in [0.717, 1.165) is 27.7 Å². The second-order valence-corrected chi connectivity index (χ2v) is 12.8. The molecule has 0 fully saturated rings. The SMILES string of the molecule is O=S(=O)(O)c1ccccn1.O=S1(=O)c2ccccc2-c2c[c-]c(-c3cc4c5c(cccc5n3)-c3ccccc3-4)cc21.[Ir]. The Morgan fingerprint density at radius 3 is 2.05 bits per heavy atom. The van der Waals surface area contributed by atoms with Crippen LogP contribution in [0.1, 0.15) is 0 Å². The van der Waals surface area contributed by atoms with Gasteiger partial charge in [0.1, 0.15) is 0 Å². The number of hydrogen-bond acceptors (Lipinski definition) is 6. The minimum atomic E-state index is -4.11. The Bertz CT molecular complexity index is 2260. The molecule has 2 aromatic heterocycles. The third-order valence-corrected chi connectivity index (χ3v) is 9.81. The summed E-state index contributed by atoms with van der Waals surface area (Å²) in [7, 11) is -7.65. The van der Waals surface area contributed by atoms with Crippen LogP contribution in [-0.4, -0.2) is 31.4 Å². The topological polar surface area (TPSA) is 114 Å². The zero-order valence-corrected chi connectivity index (χ0v) is 25.5. The molecule has 1 N–H and O–H groups in total. The van der Waals surface area contributed by atoms with Gasteiger partial charge >= 0.3 is 10.1 Å². The fourth-order valence-electron chi connectivity index (χ4n) is 5.41. The molecule has 1 aliphatic carbocycles. The number of sulfone groups is 1. The molecule has 0 unspecified atom stereocenters.